The van der Waals surface area contributed by atoms with Crippen LogP contribution < -0.4 is 4.72 Å². The second-order valence-electron chi connectivity index (χ2n) is 6.03. The Balaban J connectivity index is 2.01. The van der Waals surface area contributed by atoms with Gasteiger partial charge in [-0.3, -0.25) is 9.59 Å². The van der Waals surface area contributed by atoms with Gasteiger partial charge < -0.3 is 5.11 Å². The summed E-state index contributed by atoms with van der Waals surface area (Å²) in [6.07, 6.45) is 3.25. The molecule has 0 spiro atoms. The van der Waals surface area contributed by atoms with Gasteiger partial charge in [0.2, 0.25) is 10.0 Å². The number of carboxylic acids is 1. The molecule has 7 heteroatoms. The van der Waals surface area contributed by atoms with E-state index in [1.807, 2.05) is 31.2 Å². The van der Waals surface area contributed by atoms with Gasteiger partial charge in [0.15, 0.2) is 5.78 Å². The molecule has 27 heavy (non-hydrogen) atoms. The lowest BCUT2D eigenvalue weighted by atomic mass is 10.1. The molecule has 2 aromatic rings. The molecule has 0 heterocycles. The molecule has 0 aliphatic rings. The number of allylic oxidation sites excluding steroid dienone is 1. The van der Waals surface area contributed by atoms with E-state index in [-0.39, 0.29) is 30.1 Å². The molecule has 142 valence electrons. The number of aryl methyl sites for hydroxylation is 1. The molecule has 0 aromatic heterocycles. The summed E-state index contributed by atoms with van der Waals surface area (Å²) in [5.74, 6) is -1.20. The fraction of sp³-hybridized carbons (Fsp3) is 0.200. The van der Waals surface area contributed by atoms with Crippen LogP contribution in [0.25, 0.3) is 6.08 Å². The Morgan fingerprint density at radius 1 is 1.11 bits per heavy atom. The number of carbonyl (C=O) groups is 2. The Kier molecular flexibility index (Phi) is 7.04. The van der Waals surface area contributed by atoms with Crippen molar-refractivity contribution in [3.05, 3.63) is 71.3 Å². The van der Waals surface area contributed by atoms with Crippen molar-refractivity contribution in [3.8, 4) is 0 Å². The fourth-order valence-corrected chi connectivity index (χ4v) is 3.44. The van der Waals surface area contributed by atoms with E-state index in [1.165, 1.54) is 30.3 Å². The van der Waals surface area contributed by atoms with Crippen molar-refractivity contribution in [2.75, 3.05) is 6.54 Å². The Morgan fingerprint density at radius 2 is 1.81 bits per heavy atom. The molecule has 0 saturated carbocycles. The molecule has 0 radical (unpaired) electrons. The minimum Gasteiger partial charge on any atom is -0.481 e. The lowest BCUT2D eigenvalue weighted by molar-refractivity contribution is -0.137. The van der Waals surface area contributed by atoms with E-state index in [0.29, 0.717) is 5.56 Å². The number of ketones is 1. The highest BCUT2D eigenvalue weighted by molar-refractivity contribution is 7.89. The van der Waals surface area contributed by atoms with Gasteiger partial charge in [-0.2, -0.15) is 0 Å². The Hall–Kier alpha value is -2.77. The molecule has 0 fully saturated rings. The van der Waals surface area contributed by atoms with E-state index < -0.39 is 16.0 Å². The molecular weight excluding hydrogens is 366 g/mol. The van der Waals surface area contributed by atoms with E-state index in [9.17, 15) is 18.0 Å². The molecule has 0 amide bonds. The Labute approximate surface area is 158 Å². The monoisotopic (exact) mass is 387 g/mol. The van der Waals surface area contributed by atoms with E-state index >= 15 is 0 Å². The second-order valence-corrected chi connectivity index (χ2v) is 7.80. The van der Waals surface area contributed by atoms with Crippen LogP contribution in [-0.2, 0) is 14.8 Å². The number of carboxylic acid groups (broad SMARTS) is 1. The summed E-state index contributed by atoms with van der Waals surface area (Å²) in [7, 11) is -3.73. The van der Waals surface area contributed by atoms with Crippen molar-refractivity contribution in [3.63, 3.8) is 0 Å². The van der Waals surface area contributed by atoms with Crippen LogP contribution in [0.1, 0.15) is 34.3 Å². The van der Waals surface area contributed by atoms with Gasteiger partial charge in [-0.25, -0.2) is 13.1 Å². The highest BCUT2D eigenvalue weighted by atomic mass is 32.2. The van der Waals surface area contributed by atoms with Crippen molar-refractivity contribution in [1.29, 1.82) is 0 Å². The molecule has 2 aromatic carbocycles. The summed E-state index contributed by atoms with van der Waals surface area (Å²) in [4.78, 5) is 22.7. The average molecular weight is 387 g/mol. The maximum absolute atomic E-state index is 12.2. The van der Waals surface area contributed by atoms with Gasteiger partial charge in [-0.05, 0) is 49.2 Å². The maximum atomic E-state index is 12.2. The van der Waals surface area contributed by atoms with E-state index in [0.717, 1.165) is 11.1 Å². The first-order valence-electron chi connectivity index (χ1n) is 8.38. The minimum atomic E-state index is -3.73. The number of aliphatic carboxylic acids is 1. The van der Waals surface area contributed by atoms with Crippen molar-refractivity contribution in [2.45, 2.75) is 24.7 Å². The topological polar surface area (TPSA) is 101 Å². The minimum absolute atomic E-state index is 0.0250. The zero-order valence-corrected chi connectivity index (χ0v) is 15.7. The molecule has 2 N–H and O–H groups in total. The van der Waals surface area contributed by atoms with Gasteiger partial charge in [-0.15, -0.1) is 0 Å². The van der Waals surface area contributed by atoms with Crippen LogP contribution in [0, 0.1) is 6.92 Å². The van der Waals surface area contributed by atoms with Crippen molar-refractivity contribution in [2.24, 2.45) is 0 Å². The number of benzene rings is 2. The van der Waals surface area contributed by atoms with E-state index in [4.69, 9.17) is 5.11 Å². The predicted molar refractivity (Wildman–Crippen MR) is 103 cm³/mol. The normalized spacial score (nSPS) is 11.6. The first-order chi connectivity index (χ1) is 12.8. The number of hydrogen-bond acceptors (Lipinski definition) is 4. The van der Waals surface area contributed by atoms with E-state index in [2.05, 4.69) is 4.72 Å². The van der Waals surface area contributed by atoms with Gasteiger partial charge in [0.1, 0.15) is 0 Å². The quantitative estimate of drug-likeness (QED) is 0.391. The molecule has 2 rings (SSSR count). The second kappa shape index (κ2) is 9.25. The molecule has 0 atom stereocenters. The third-order valence-electron chi connectivity index (χ3n) is 3.78. The van der Waals surface area contributed by atoms with Gasteiger partial charge in [-0.1, -0.05) is 35.9 Å². The summed E-state index contributed by atoms with van der Waals surface area (Å²) in [6.45, 7) is 2.00. The predicted octanol–water partition coefficient (Wildman–Crippen LogP) is 3.03. The van der Waals surface area contributed by atoms with Gasteiger partial charge in [0, 0.05) is 18.5 Å². The lowest BCUT2D eigenvalue weighted by Gasteiger charge is -2.06. The summed E-state index contributed by atoms with van der Waals surface area (Å²) >= 11 is 0. The highest BCUT2D eigenvalue weighted by Gasteiger charge is 2.14. The SMILES string of the molecule is Cc1cccc(/C=C/C(=O)c2ccc(S(=O)(=O)NCCCC(=O)O)cc2)c1. The smallest absolute Gasteiger partial charge is 0.303 e. The third kappa shape index (κ3) is 6.47. The first kappa shape index (κ1) is 20.5. The third-order valence-corrected chi connectivity index (χ3v) is 5.25. The molecule has 0 aliphatic carbocycles. The van der Waals surface area contributed by atoms with E-state index in [1.54, 1.807) is 6.08 Å². The summed E-state index contributed by atoms with van der Waals surface area (Å²) in [5.41, 5.74) is 2.38. The van der Waals surface area contributed by atoms with Crippen molar-refractivity contribution >= 4 is 27.9 Å². The lowest BCUT2D eigenvalue weighted by Crippen LogP contribution is -2.25. The number of rotatable bonds is 9. The number of carbonyl (C=O) groups excluding carboxylic acids is 1. The molecular formula is C20H21NO5S. The Morgan fingerprint density at radius 3 is 2.44 bits per heavy atom. The fourth-order valence-electron chi connectivity index (χ4n) is 2.37. The summed E-state index contributed by atoms with van der Waals surface area (Å²) in [6, 6.07) is 13.3. The molecule has 0 aliphatic heterocycles. The first-order valence-corrected chi connectivity index (χ1v) is 9.87. The van der Waals surface area contributed by atoms with Crippen LogP contribution in [0.3, 0.4) is 0 Å². The molecule has 0 unspecified atom stereocenters. The summed E-state index contributed by atoms with van der Waals surface area (Å²) in [5, 5.41) is 8.56. The largest absolute Gasteiger partial charge is 0.481 e. The van der Waals surface area contributed by atoms with Crippen LogP contribution in [0.5, 0.6) is 0 Å². The summed E-state index contributed by atoms with van der Waals surface area (Å²) < 4.78 is 26.6. The Bertz CT molecular complexity index is 947. The number of sulfonamides is 1. The van der Waals surface area contributed by atoms with Gasteiger partial charge in [0.25, 0.3) is 0 Å². The molecule has 0 bridgehead atoms. The zero-order chi connectivity index (χ0) is 19.9. The van der Waals surface area contributed by atoms with Crippen LogP contribution in [0.2, 0.25) is 0 Å². The van der Waals surface area contributed by atoms with Crippen LogP contribution in [0.4, 0.5) is 0 Å². The average Bonchev–Trinajstić information content (AvgIpc) is 2.63. The zero-order valence-electron chi connectivity index (χ0n) is 14.9. The maximum Gasteiger partial charge on any atom is 0.303 e. The van der Waals surface area contributed by atoms with Crippen LogP contribution in [0.15, 0.2) is 59.5 Å². The van der Waals surface area contributed by atoms with Gasteiger partial charge >= 0.3 is 5.97 Å². The van der Waals surface area contributed by atoms with Gasteiger partial charge in [0.05, 0.1) is 4.90 Å². The van der Waals surface area contributed by atoms with Crippen molar-refractivity contribution < 1.29 is 23.1 Å². The molecule has 6 nitrogen and oxygen atoms in total. The van der Waals surface area contributed by atoms with Crippen LogP contribution >= 0.6 is 0 Å². The van der Waals surface area contributed by atoms with Crippen molar-refractivity contribution in [1.82, 2.24) is 4.72 Å². The standard InChI is InChI=1S/C20H21NO5S/c1-15-4-2-5-16(14-15)7-12-19(22)17-8-10-18(11-9-17)27(25,26)21-13-3-6-20(23)24/h2,4-5,7-12,14,21H,3,6,13H2,1H3,(H,23,24)/b12-7+. The number of nitrogens with one attached hydrogen (secondary N) is 1. The highest BCUT2D eigenvalue weighted by Crippen LogP contribution is 2.13. The molecule has 0 saturated heterocycles. The van der Waals surface area contributed by atoms with Crippen LogP contribution in [-0.4, -0.2) is 31.8 Å². The number of hydrogen-bond donors (Lipinski definition) is 2.